The number of nitrogens with one attached hydrogen (secondary N) is 1. The Balaban J connectivity index is 1.55. The first-order chi connectivity index (χ1) is 12.6. The van der Waals surface area contributed by atoms with Crippen molar-refractivity contribution in [1.29, 1.82) is 0 Å². The minimum absolute atomic E-state index is 0.0929. The number of hydrogen-bond acceptors (Lipinski definition) is 5. The molecule has 0 spiro atoms. The number of amides is 1. The van der Waals surface area contributed by atoms with Crippen LogP contribution in [0.5, 0.6) is 0 Å². The second-order valence-corrected chi connectivity index (χ2v) is 7.99. The number of rotatable bonds is 6. The van der Waals surface area contributed by atoms with Crippen LogP contribution in [0.15, 0.2) is 29.4 Å². The van der Waals surface area contributed by atoms with E-state index in [1.807, 2.05) is 31.2 Å². The van der Waals surface area contributed by atoms with Gasteiger partial charge in [-0.1, -0.05) is 60.8 Å². The molecule has 1 atom stereocenters. The van der Waals surface area contributed by atoms with Crippen LogP contribution in [0.3, 0.4) is 0 Å². The predicted molar refractivity (Wildman–Crippen MR) is 105 cm³/mol. The molecule has 1 unspecified atom stereocenters. The Morgan fingerprint density at radius 3 is 2.81 bits per heavy atom. The van der Waals surface area contributed by atoms with Gasteiger partial charge in [-0.25, -0.2) is 4.68 Å². The molecule has 8 heteroatoms. The zero-order valence-electron chi connectivity index (χ0n) is 14.8. The van der Waals surface area contributed by atoms with Crippen molar-refractivity contribution in [3.63, 3.8) is 0 Å². The van der Waals surface area contributed by atoms with Gasteiger partial charge in [-0.15, -0.1) is 10.2 Å². The van der Waals surface area contributed by atoms with Crippen molar-refractivity contribution in [2.24, 2.45) is 0 Å². The lowest BCUT2D eigenvalue weighted by Gasteiger charge is -2.20. The molecular formula is C18H24ClN5OS. The number of halogens is 1. The molecule has 0 bridgehead atoms. The average molecular weight is 394 g/mol. The maximum absolute atomic E-state index is 12.3. The van der Waals surface area contributed by atoms with Gasteiger partial charge in [0.1, 0.15) is 0 Å². The SMILES string of the molecule is CC(NC(=O)CSc1nnc(C2CCCCC2)n1N)c1ccccc1Cl. The van der Waals surface area contributed by atoms with Gasteiger partial charge >= 0.3 is 0 Å². The van der Waals surface area contributed by atoms with Gasteiger partial charge in [-0.05, 0) is 31.4 Å². The van der Waals surface area contributed by atoms with Crippen LogP contribution in [-0.2, 0) is 4.79 Å². The summed E-state index contributed by atoms with van der Waals surface area (Å²) in [5, 5.41) is 12.6. The summed E-state index contributed by atoms with van der Waals surface area (Å²) in [4.78, 5) is 12.3. The zero-order chi connectivity index (χ0) is 18.5. The van der Waals surface area contributed by atoms with E-state index in [-0.39, 0.29) is 17.7 Å². The lowest BCUT2D eigenvalue weighted by Crippen LogP contribution is -2.28. The molecule has 1 aromatic carbocycles. The highest BCUT2D eigenvalue weighted by Gasteiger charge is 2.23. The first kappa shape index (κ1) is 19.0. The minimum Gasteiger partial charge on any atom is -0.349 e. The number of nitrogens with two attached hydrogens (primary N) is 1. The highest BCUT2D eigenvalue weighted by atomic mass is 35.5. The molecular weight excluding hydrogens is 370 g/mol. The van der Waals surface area contributed by atoms with Crippen LogP contribution in [0.1, 0.15) is 62.4 Å². The molecule has 1 amide bonds. The van der Waals surface area contributed by atoms with Crippen molar-refractivity contribution in [1.82, 2.24) is 20.2 Å². The summed E-state index contributed by atoms with van der Waals surface area (Å²) < 4.78 is 1.55. The summed E-state index contributed by atoms with van der Waals surface area (Å²) in [6.07, 6.45) is 5.91. The molecule has 0 saturated heterocycles. The fraction of sp³-hybridized carbons (Fsp3) is 0.500. The molecule has 1 aliphatic rings. The van der Waals surface area contributed by atoms with Gasteiger partial charge in [0, 0.05) is 10.9 Å². The zero-order valence-corrected chi connectivity index (χ0v) is 16.4. The fourth-order valence-electron chi connectivity index (χ4n) is 3.34. The number of carbonyl (C=O) groups is 1. The van der Waals surface area contributed by atoms with Crippen molar-refractivity contribution >= 4 is 29.3 Å². The maximum atomic E-state index is 12.3. The molecule has 1 aromatic heterocycles. The summed E-state index contributed by atoms with van der Waals surface area (Å²) in [5.41, 5.74) is 0.897. The van der Waals surface area contributed by atoms with Gasteiger partial charge in [0.05, 0.1) is 11.8 Å². The van der Waals surface area contributed by atoms with E-state index in [2.05, 4.69) is 15.5 Å². The Labute approximate surface area is 162 Å². The van der Waals surface area contributed by atoms with E-state index in [9.17, 15) is 4.79 Å². The summed E-state index contributed by atoms with van der Waals surface area (Å²) in [5.74, 6) is 7.50. The first-order valence-electron chi connectivity index (χ1n) is 8.93. The number of nitrogens with zero attached hydrogens (tertiary/aromatic N) is 3. The van der Waals surface area contributed by atoms with Gasteiger partial charge in [0.2, 0.25) is 11.1 Å². The molecule has 1 heterocycles. The summed E-state index contributed by atoms with van der Waals surface area (Å²) >= 11 is 7.48. The number of aromatic nitrogens is 3. The van der Waals surface area contributed by atoms with Crippen molar-refractivity contribution in [3.05, 3.63) is 40.7 Å². The third kappa shape index (κ3) is 4.51. The van der Waals surface area contributed by atoms with E-state index in [0.29, 0.717) is 16.1 Å². The summed E-state index contributed by atoms with van der Waals surface area (Å²) in [6.45, 7) is 1.91. The van der Waals surface area contributed by atoms with Crippen molar-refractivity contribution in [3.8, 4) is 0 Å². The van der Waals surface area contributed by atoms with Gasteiger partial charge in [0.15, 0.2) is 5.82 Å². The molecule has 0 radical (unpaired) electrons. The van der Waals surface area contributed by atoms with Crippen LogP contribution in [0.2, 0.25) is 5.02 Å². The van der Waals surface area contributed by atoms with E-state index in [0.717, 1.165) is 24.2 Å². The van der Waals surface area contributed by atoms with E-state index in [1.165, 1.54) is 31.0 Å². The number of benzene rings is 1. The minimum atomic E-state index is -0.162. The molecule has 2 aromatic rings. The third-order valence-corrected chi connectivity index (χ3v) is 6.03. The van der Waals surface area contributed by atoms with Gasteiger partial charge in [-0.3, -0.25) is 4.79 Å². The van der Waals surface area contributed by atoms with Crippen LogP contribution in [0, 0.1) is 0 Å². The summed E-state index contributed by atoms with van der Waals surface area (Å²) in [7, 11) is 0. The standard InChI is InChI=1S/C18H24ClN5OS/c1-12(14-9-5-6-10-15(14)19)21-16(25)11-26-18-23-22-17(24(18)20)13-7-3-2-4-8-13/h5-6,9-10,12-13H,2-4,7-8,11,20H2,1H3,(H,21,25). The van der Waals surface area contributed by atoms with E-state index >= 15 is 0 Å². The highest BCUT2D eigenvalue weighted by molar-refractivity contribution is 7.99. The lowest BCUT2D eigenvalue weighted by atomic mass is 9.89. The van der Waals surface area contributed by atoms with E-state index in [4.69, 9.17) is 17.4 Å². The van der Waals surface area contributed by atoms with Crippen LogP contribution < -0.4 is 11.2 Å². The lowest BCUT2D eigenvalue weighted by molar-refractivity contribution is -0.119. The third-order valence-electron chi connectivity index (χ3n) is 4.74. The second-order valence-electron chi connectivity index (χ2n) is 6.65. The van der Waals surface area contributed by atoms with Gasteiger partial charge < -0.3 is 11.2 Å². The topological polar surface area (TPSA) is 85.8 Å². The molecule has 6 nitrogen and oxygen atoms in total. The Morgan fingerprint density at radius 1 is 1.35 bits per heavy atom. The van der Waals surface area contributed by atoms with Gasteiger partial charge in [-0.2, -0.15) is 0 Å². The molecule has 3 rings (SSSR count). The quantitative estimate of drug-likeness (QED) is 0.577. The largest absolute Gasteiger partial charge is 0.349 e. The molecule has 1 aliphatic carbocycles. The Bertz CT molecular complexity index is 760. The smallest absolute Gasteiger partial charge is 0.230 e. The molecule has 26 heavy (non-hydrogen) atoms. The average Bonchev–Trinajstić information content (AvgIpc) is 3.01. The second kappa shape index (κ2) is 8.77. The monoisotopic (exact) mass is 393 g/mol. The van der Waals surface area contributed by atoms with Crippen LogP contribution in [0.25, 0.3) is 0 Å². The van der Waals surface area contributed by atoms with E-state index in [1.54, 1.807) is 4.68 Å². The fourth-order valence-corrected chi connectivity index (χ4v) is 4.32. The Morgan fingerprint density at radius 2 is 2.08 bits per heavy atom. The molecule has 1 saturated carbocycles. The highest BCUT2D eigenvalue weighted by Crippen LogP contribution is 2.32. The van der Waals surface area contributed by atoms with Crippen molar-refractivity contribution in [2.75, 3.05) is 11.6 Å². The Hall–Kier alpha value is -1.73. The number of carbonyl (C=O) groups excluding carboxylic acids is 1. The van der Waals surface area contributed by atoms with Crippen LogP contribution >= 0.6 is 23.4 Å². The normalized spacial score (nSPS) is 16.4. The van der Waals surface area contributed by atoms with Crippen LogP contribution in [-0.4, -0.2) is 26.5 Å². The number of nitrogen functional groups attached to an aromatic ring is 1. The molecule has 1 fully saturated rings. The summed E-state index contributed by atoms with van der Waals surface area (Å²) in [6, 6.07) is 7.34. The number of thioether (sulfide) groups is 1. The van der Waals surface area contributed by atoms with Gasteiger partial charge in [0.25, 0.3) is 0 Å². The maximum Gasteiger partial charge on any atom is 0.230 e. The van der Waals surface area contributed by atoms with Crippen molar-refractivity contribution < 1.29 is 4.79 Å². The predicted octanol–water partition coefficient (Wildman–Crippen LogP) is 3.66. The molecule has 140 valence electrons. The first-order valence-corrected chi connectivity index (χ1v) is 10.3. The Kier molecular flexibility index (Phi) is 6.43. The van der Waals surface area contributed by atoms with Crippen LogP contribution in [0.4, 0.5) is 0 Å². The molecule has 3 N–H and O–H groups in total. The molecule has 0 aliphatic heterocycles. The number of hydrogen-bond donors (Lipinski definition) is 2. The van der Waals surface area contributed by atoms with E-state index < -0.39 is 0 Å². The van der Waals surface area contributed by atoms with Crippen molar-refractivity contribution in [2.45, 2.75) is 56.1 Å².